The van der Waals surface area contributed by atoms with Crippen molar-refractivity contribution in [1.82, 2.24) is 9.55 Å². The van der Waals surface area contributed by atoms with Gasteiger partial charge in [0.1, 0.15) is 0 Å². The van der Waals surface area contributed by atoms with Crippen LogP contribution in [0.2, 0.25) is 0 Å². The van der Waals surface area contributed by atoms with Crippen molar-refractivity contribution >= 4 is 50.0 Å². The summed E-state index contributed by atoms with van der Waals surface area (Å²) in [4.78, 5) is 7.84. The topological polar surface area (TPSA) is 21.1 Å². The summed E-state index contributed by atoms with van der Waals surface area (Å²) in [7, 11) is 0. The Labute approximate surface area is 402 Å². The number of benzene rings is 7. The number of para-hydroxylation sites is 1. The lowest BCUT2D eigenvalue weighted by Crippen LogP contribution is -2.16. The maximum absolute atomic E-state index is 5.42. The Morgan fingerprint density at radius 3 is 1.87 bits per heavy atom. The predicted molar refractivity (Wildman–Crippen MR) is 292 cm³/mol. The van der Waals surface area contributed by atoms with Crippen molar-refractivity contribution in [3.8, 4) is 39.3 Å². The summed E-state index contributed by atoms with van der Waals surface area (Å²) in [6.07, 6.45) is 14.6. The van der Waals surface area contributed by atoms with Gasteiger partial charge in [-0.1, -0.05) is 180 Å². The van der Waals surface area contributed by atoms with Gasteiger partial charge in [0.15, 0.2) is 0 Å². The van der Waals surface area contributed by atoms with E-state index in [4.69, 9.17) is 4.98 Å². The fraction of sp³-hybridized carbons (Fsp3) is 0.154. The highest BCUT2D eigenvalue weighted by Crippen LogP contribution is 2.52. The van der Waals surface area contributed by atoms with Crippen LogP contribution in [0.1, 0.15) is 77.5 Å². The number of hydrogen-bond acceptors (Lipinski definition) is 2. The molecule has 0 amide bonds. The van der Waals surface area contributed by atoms with Crippen molar-refractivity contribution in [3.05, 3.63) is 235 Å². The van der Waals surface area contributed by atoms with Gasteiger partial charge in [0.25, 0.3) is 0 Å². The second-order valence-electron chi connectivity index (χ2n) is 18.1. The van der Waals surface area contributed by atoms with Gasteiger partial charge in [-0.2, -0.15) is 0 Å². The van der Waals surface area contributed by atoms with Crippen LogP contribution in [0.3, 0.4) is 0 Å². The van der Waals surface area contributed by atoms with Crippen molar-refractivity contribution < 1.29 is 0 Å². The van der Waals surface area contributed by atoms with E-state index in [2.05, 4.69) is 250 Å². The summed E-state index contributed by atoms with van der Waals surface area (Å²) in [6, 6.07) is 66.5. The zero-order valence-electron chi connectivity index (χ0n) is 40.2. The largest absolute Gasteiger partial charge is 0.310 e. The van der Waals surface area contributed by atoms with E-state index in [1.165, 1.54) is 49.7 Å². The van der Waals surface area contributed by atoms with Gasteiger partial charge in [0.2, 0.25) is 0 Å². The average Bonchev–Trinajstić information content (AvgIpc) is 3.85. The molecule has 68 heavy (non-hydrogen) atoms. The molecule has 0 fully saturated rings. The summed E-state index contributed by atoms with van der Waals surface area (Å²) in [5, 5.41) is 2.36. The van der Waals surface area contributed by atoms with Gasteiger partial charge in [0.05, 0.1) is 22.4 Å². The molecule has 0 N–H and O–H groups in total. The molecule has 3 heteroatoms. The van der Waals surface area contributed by atoms with Crippen LogP contribution in [-0.2, 0) is 5.41 Å². The van der Waals surface area contributed by atoms with Crippen molar-refractivity contribution in [2.45, 2.75) is 66.2 Å². The molecule has 0 aliphatic heterocycles. The Balaban J connectivity index is 0.00000266. The van der Waals surface area contributed by atoms with Crippen LogP contribution in [0.4, 0.5) is 17.1 Å². The first-order valence-corrected chi connectivity index (χ1v) is 24.5. The molecular formula is C65H59N3. The summed E-state index contributed by atoms with van der Waals surface area (Å²) in [5.74, 6) is 0. The number of anilines is 3. The Morgan fingerprint density at radius 1 is 0.618 bits per heavy atom. The lowest BCUT2D eigenvalue weighted by atomic mass is 9.81. The van der Waals surface area contributed by atoms with E-state index in [9.17, 15) is 0 Å². The van der Waals surface area contributed by atoms with E-state index in [1.54, 1.807) is 0 Å². The number of allylic oxidation sites excluding steroid dienone is 8. The molecular weight excluding hydrogens is 823 g/mol. The first-order valence-electron chi connectivity index (χ1n) is 24.5. The molecule has 9 aromatic rings. The van der Waals surface area contributed by atoms with Gasteiger partial charge in [-0.05, 0) is 137 Å². The third kappa shape index (κ3) is 7.92. The molecule has 7 aromatic carbocycles. The number of fused-ring (bicyclic) bond motifs is 4. The molecule has 2 aliphatic rings. The zero-order chi connectivity index (χ0) is 46.8. The second kappa shape index (κ2) is 18.9. The lowest BCUT2D eigenvalue weighted by molar-refractivity contribution is 0.657. The van der Waals surface area contributed by atoms with E-state index >= 15 is 0 Å². The molecule has 0 saturated carbocycles. The minimum Gasteiger partial charge on any atom is -0.310 e. The predicted octanol–water partition coefficient (Wildman–Crippen LogP) is 18.4. The van der Waals surface area contributed by atoms with E-state index in [-0.39, 0.29) is 5.41 Å². The molecule has 3 nitrogen and oxygen atoms in total. The lowest BCUT2D eigenvalue weighted by Gasteiger charge is -2.28. The van der Waals surface area contributed by atoms with Gasteiger partial charge >= 0.3 is 0 Å². The molecule has 2 aromatic heterocycles. The third-order valence-corrected chi connectivity index (χ3v) is 13.7. The van der Waals surface area contributed by atoms with Crippen molar-refractivity contribution in [2.75, 3.05) is 4.90 Å². The molecule has 2 aliphatic carbocycles. The third-order valence-electron chi connectivity index (χ3n) is 13.7. The summed E-state index contributed by atoms with van der Waals surface area (Å²) < 4.78 is 2.39. The van der Waals surface area contributed by atoms with E-state index in [0.717, 1.165) is 81.1 Å². The molecule has 11 rings (SSSR count). The van der Waals surface area contributed by atoms with Crippen LogP contribution in [0.5, 0.6) is 0 Å². The summed E-state index contributed by atoms with van der Waals surface area (Å²) >= 11 is 0. The number of rotatable bonds is 9. The fourth-order valence-electron chi connectivity index (χ4n) is 10.5. The van der Waals surface area contributed by atoms with Gasteiger partial charge in [-0.3, -0.25) is 0 Å². The first-order chi connectivity index (χ1) is 33.4. The first kappa shape index (κ1) is 44.1. The quantitative estimate of drug-likeness (QED) is 0.144. The number of hydrogen-bond donors (Lipinski definition) is 0. The molecule has 0 atom stereocenters. The Hall–Kier alpha value is -7.75. The minimum absolute atomic E-state index is 0.106. The molecule has 0 bridgehead atoms. The van der Waals surface area contributed by atoms with Crippen LogP contribution in [0.25, 0.3) is 72.3 Å². The number of aromatic nitrogens is 2. The van der Waals surface area contributed by atoms with E-state index in [1.807, 2.05) is 13.8 Å². The Kier molecular flexibility index (Phi) is 12.2. The Morgan fingerprint density at radius 2 is 1.24 bits per heavy atom. The van der Waals surface area contributed by atoms with Crippen LogP contribution in [0.15, 0.2) is 218 Å². The molecule has 2 heterocycles. The number of pyridine rings is 1. The number of nitrogens with zero attached hydrogens (tertiary/aromatic N) is 3. The molecule has 0 spiro atoms. The molecule has 0 unspecified atom stereocenters. The monoisotopic (exact) mass is 881 g/mol. The molecule has 334 valence electrons. The maximum atomic E-state index is 5.42. The summed E-state index contributed by atoms with van der Waals surface area (Å²) in [6.45, 7) is 13.2. The fourth-order valence-corrected chi connectivity index (χ4v) is 10.5. The summed E-state index contributed by atoms with van der Waals surface area (Å²) in [5.41, 5.74) is 21.2. The minimum atomic E-state index is -0.106. The second-order valence-corrected chi connectivity index (χ2v) is 18.1. The highest BCUT2D eigenvalue weighted by molar-refractivity contribution is 6.15. The standard InChI is InChI=1S/C63H53N3.C2H6/c1-5-19-57-53(6-2)54-38-37-52(41-58(54)63(57,3)4)65(50-33-28-44(29-34-50)43-20-11-7-12-21-43)51-35-30-45(31-36-51)48-32-39-60-55(40-48)56-42-59(46-22-13-8-14-23-46)64-61(47-24-15-9-16-25-47)62(56)66(60)49-26-17-10-18-27-49;1-2/h6-11,13-20,22-42H,5,12,21H2,1-4H3;1-2H3/b53-6-,57-19+;. The Bertz CT molecular complexity index is 3380. The van der Waals surface area contributed by atoms with E-state index in [0.29, 0.717) is 0 Å². The smallest absolute Gasteiger partial charge is 0.0956 e. The van der Waals surface area contributed by atoms with E-state index < -0.39 is 0 Å². The molecule has 0 saturated heterocycles. The SMILES string of the molecule is C/C=C1\C(=C/CC)C(C)(C)c2cc(N(c3ccc(C4=CC=CCC4)cc3)c3ccc(-c4ccc5c(c4)c4cc(-c6ccccc6)nc(-c6ccccc6)c4n5-c4ccccc4)cc3)ccc21.CC. The van der Waals surface area contributed by atoms with Crippen LogP contribution >= 0.6 is 0 Å². The normalized spacial score (nSPS) is 15.1. The van der Waals surface area contributed by atoms with Crippen molar-refractivity contribution in [2.24, 2.45) is 0 Å². The van der Waals surface area contributed by atoms with Gasteiger partial charge in [-0.15, -0.1) is 0 Å². The average molecular weight is 882 g/mol. The van der Waals surface area contributed by atoms with Crippen LogP contribution < -0.4 is 4.90 Å². The van der Waals surface area contributed by atoms with Crippen molar-refractivity contribution in [3.63, 3.8) is 0 Å². The molecule has 0 radical (unpaired) electrons. The highest BCUT2D eigenvalue weighted by atomic mass is 15.1. The maximum Gasteiger partial charge on any atom is 0.0956 e. The zero-order valence-corrected chi connectivity index (χ0v) is 40.2. The van der Waals surface area contributed by atoms with Crippen molar-refractivity contribution in [1.29, 1.82) is 0 Å². The van der Waals surface area contributed by atoms with Crippen LogP contribution in [0, 0.1) is 0 Å². The van der Waals surface area contributed by atoms with Gasteiger partial charge in [0, 0.05) is 50.1 Å². The van der Waals surface area contributed by atoms with Gasteiger partial charge < -0.3 is 9.47 Å². The highest BCUT2D eigenvalue weighted by Gasteiger charge is 2.38. The van der Waals surface area contributed by atoms with Gasteiger partial charge in [-0.25, -0.2) is 4.98 Å². The van der Waals surface area contributed by atoms with Crippen LogP contribution in [-0.4, -0.2) is 9.55 Å².